The fraction of sp³-hybridized carbons (Fsp3) is 0.500. The molecule has 106 valence electrons. The minimum Gasteiger partial charge on any atom is -0.481 e. The Bertz CT molecular complexity index is 559. The van der Waals surface area contributed by atoms with Crippen molar-refractivity contribution in [1.29, 1.82) is 0 Å². The van der Waals surface area contributed by atoms with E-state index in [0.29, 0.717) is 18.8 Å². The molecule has 0 bridgehead atoms. The first-order valence-corrected chi connectivity index (χ1v) is 6.90. The molecule has 2 N–H and O–H groups in total. The topological polar surface area (TPSA) is 82.5 Å². The van der Waals surface area contributed by atoms with Gasteiger partial charge < -0.3 is 10.0 Å². The number of nitrogens with one attached hydrogen (secondary N) is 1. The van der Waals surface area contributed by atoms with Crippen molar-refractivity contribution in [2.24, 2.45) is 5.92 Å². The quantitative estimate of drug-likeness (QED) is 0.857. The van der Waals surface area contributed by atoms with E-state index in [1.165, 1.54) is 16.0 Å². The maximum atomic E-state index is 12.1. The Morgan fingerprint density at radius 3 is 2.90 bits per heavy atom. The Morgan fingerprint density at radius 2 is 2.15 bits per heavy atom. The summed E-state index contributed by atoms with van der Waals surface area (Å²) >= 11 is 0. The van der Waals surface area contributed by atoms with Crippen LogP contribution < -0.4 is 5.32 Å². The molecule has 1 aliphatic heterocycles. The van der Waals surface area contributed by atoms with Crippen LogP contribution in [0.25, 0.3) is 0 Å². The number of pyridine rings is 1. The third-order valence-electron chi connectivity index (χ3n) is 4.03. The van der Waals surface area contributed by atoms with Crippen LogP contribution in [0.1, 0.15) is 24.0 Å². The number of rotatable bonds is 2. The van der Waals surface area contributed by atoms with Gasteiger partial charge in [0.25, 0.3) is 0 Å². The van der Waals surface area contributed by atoms with Crippen LogP contribution in [0.4, 0.5) is 10.6 Å². The maximum absolute atomic E-state index is 12.1. The highest BCUT2D eigenvalue weighted by Gasteiger charge is 2.31. The van der Waals surface area contributed by atoms with Gasteiger partial charge in [-0.1, -0.05) is 0 Å². The van der Waals surface area contributed by atoms with Crippen molar-refractivity contribution in [3.05, 3.63) is 23.4 Å². The molecule has 1 saturated heterocycles. The van der Waals surface area contributed by atoms with Crippen molar-refractivity contribution in [2.75, 3.05) is 18.4 Å². The monoisotopic (exact) mass is 275 g/mol. The summed E-state index contributed by atoms with van der Waals surface area (Å²) in [5, 5.41) is 11.7. The second-order valence-electron chi connectivity index (χ2n) is 5.39. The smallest absolute Gasteiger partial charge is 0.323 e. The third kappa shape index (κ3) is 2.45. The SMILES string of the molecule is O=C(O)C1CCN(C(=O)Nc2cc3c(cn2)CCC3)C1. The molecule has 0 spiro atoms. The Balaban J connectivity index is 1.63. The zero-order valence-electron chi connectivity index (χ0n) is 11.1. The number of urea groups is 1. The number of anilines is 1. The van der Waals surface area contributed by atoms with Gasteiger partial charge in [-0.25, -0.2) is 9.78 Å². The van der Waals surface area contributed by atoms with Crippen LogP contribution in [0, 0.1) is 5.92 Å². The van der Waals surface area contributed by atoms with Crippen LogP contribution in [0.2, 0.25) is 0 Å². The highest BCUT2D eigenvalue weighted by Crippen LogP contribution is 2.23. The van der Waals surface area contributed by atoms with E-state index in [-0.39, 0.29) is 12.6 Å². The molecule has 0 radical (unpaired) electrons. The number of hydrogen-bond acceptors (Lipinski definition) is 3. The molecule has 1 aromatic heterocycles. The fourth-order valence-electron chi connectivity index (χ4n) is 2.86. The molecule has 2 heterocycles. The lowest BCUT2D eigenvalue weighted by Gasteiger charge is -2.16. The Kier molecular flexibility index (Phi) is 3.30. The summed E-state index contributed by atoms with van der Waals surface area (Å²) in [4.78, 5) is 28.7. The van der Waals surface area contributed by atoms with Gasteiger partial charge in [0.1, 0.15) is 5.82 Å². The van der Waals surface area contributed by atoms with Crippen molar-refractivity contribution in [3.8, 4) is 0 Å². The number of fused-ring (bicyclic) bond motifs is 1. The predicted molar refractivity (Wildman–Crippen MR) is 72.6 cm³/mol. The maximum Gasteiger partial charge on any atom is 0.323 e. The average Bonchev–Trinajstić information content (AvgIpc) is 3.07. The molecule has 1 atom stereocenters. The van der Waals surface area contributed by atoms with Gasteiger partial charge in [-0.3, -0.25) is 10.1 Å². The van der Waals surface area contributed by atoms with Crippen LogP contribution in [-0.2, 0) is 17.6 Å². The van der Waals surface area contributed by atoms with Crippen molar-refractivity contribution in [1.82, 2.24) is 9.88 Å². The van der Waals surface area contributed by atoms with Gasteiger partial charge in [0.15, 0.2) is 0 Å². The number of nitrogens with zero attached hydrogens (tertiary/aromatic N) is 2. The Morgan fingerprint density at radius 1 is 1.35 bits per heavy atom. The van der Waals surface area contributed by atoms with Crippen molar-refractivity contribution in [3.63, 3.8) is 0 Å². The Labute approximate surface area is 116 Å². The first kappa shape index (κ1) is 12.9. The highest BCUT2D eigenvalue weighted by molar-refractivity contribution is 5.89. The number of hydrogen-bond donors (Lipinski definition) is 2. The van der Waals surface area contributed by atoms with Crippen LogP contribution in [-0.4, -0.2) is 40.1 Å². The van der Waals surface area contributed by atoms with Gasteiger partial charge in [-0.05, 0) is 42.9 Å². The van der Waals surface area contributed by atoms with Crippen molar-refractivity contribution < 1.29 is 14.7 Å². The standard InChI is InChI=1S/C14H17N3O3/c18-13(19)11-4-5-17(8-11)14(20)16-12-6-9-2-1-3-10(9)7-15-12/h6-7,11H,1-5,8H2,(H,18,19)(H,15,16,20). The summed E-state index contributed by atoms with van der Waals surface area (Å²) in [5.74, 6) is -0.737. The number of likely N-dealkylation sites (tertiary alicyclic amines) is 1. The predicted octanol–water partition coefficient (Wildman–Crippen LogP) is 1.51. The van der Waals surface area contributed by atoms with Crippen molar-refractivity contribution >= 4 is 17.8 Å². The van der Waals surface area contributed by atoms with Crippen LogP contribution >= 0.6 is 0 Å². The number of aliphatic carboxylic acids is 1. The van der Waals surface area contributed by atoms with Crippen LogP contribution in [0.5, 0.6) is 0 Å². The number of carboxylic acids is 1. The van der Waals surface area contributed by atoms with E-state index in [0.717, 1.165) is 19.3 Å². The third-order valence-corrected chi connectivity index (χ3v) is 4.03. The molecule has 0 saturated carbocycles. The molecule has 2 amide bonds. The number of aryl methyl sites for hydroxylation is 2. The molecule has 1 unspecified atom stereocenters. The molecule has 1 aliphatic carbocycles. The largest absolute Gasteiger partial charge is 0.481 e. The number of amides is 2. The van der Waals surface area contributed by atoms with Crippen LogP contribution in [0.3, 0.4) is 0 Å². The Hall–Kier alpha value is -2.11. The molecule has 2 aliphatic rings. The molecule has 0 aromatic carbocycles. The van der Waals surface area contributed by atoms with Gasteiger partial charge >= 0.3 is 12.0 Å². The minimum atomic E-state index is -0.837. The number of carbonyl (C=O) groups excluding carboxylic acids is 1. The molecule has 3 rings (SSSR count). The van der Waals surface area contributed by atoms with E-state index in [2.05, 4.69) is 10.3 Å². The molecule has 1 aromatic rings. The molecule has 6 nitrogen and oxygen atoms in total. The van der Waals surface area contributed by atoms with Gasteiger partial charge in [0, 0.05) is 19.3 Å². The molecular weight excluding hydrogens is 258 g/mol. The molecular formula is C14H17N3O3. The summed E-state index contributed by atoms with van der Waals surface area (Å²) in [6, 6.07) is 1.66. The van der Waals surface area contributed by atoms with Crippen LogP contribution in [0.15, 0.2) is 12.3 Å². The van der Waals surface area contributed by atoms with Gasteiger partial charge in [-0.2, -0.15) is 0 Å². The van der Waals surface area contributed by atoms with Gasteiger partial charge in [0.05, 0.1) is 5.92 Å². The first-order chi connectivity index (χ1) is 9.63. The van der Waals surface area contributed by atoms with E-state index < -0.39 is 11.9 Å². The second kappa shape index (κ2) is 5.11. The van der Waals surface area contributed by atoms with E-state index >= 15 is 0 Å². The normalized spacial score (nSPS) is 20.8. The minimum absolute atomic E-state index is 0.265. The highest BCUT2D eigenvalue weighted by atomic mass is 16.4. The fourth-order valence-corrected chi connectivity index (χ4v) is 2.86. The summed E-state index contributed by atoms with van der Waals surface area (Å²) in [7, 11) is 0. The lowest BCUT2D eigenvalue weighted by atomic mass is 10.1. The molecule has 20 heavy (non-hydrogen) atoms. The summed E-state index contributed by atoms with van der Waals surface area (Å²) in [6.07, 6.45) is 5.57. The summed E-state index contributed by atoms with van der Waals surface area (Å²) in [6.45, 7) is 0.750. The molecule has 6 heteroatoms. The van der Waals surface area contributed by atoms with E-state index in [1.807, 2.05) is 12.3 Å². The first-order valence-electron chi connectivity index (χ1n) is 6.90. The average molecular weight is 275 g/mol. The van der Waals surface area contributed by atoms with Crippen molar-refractivity contribution in [2.45, 2.75) is 25.7 Å². The number of carboxylic acid groups (broad SMARTS) is 1. The summed E-state index contributed by atoms with van der Waals surface area (Å²) < 4.78 is 0. The van der Waals surface area contributed by atoms with E-state index in [1.54, 1.807) is 0 Å². The van der Waals surface area contributed by atoms with Gasteiger partial charge in [0.2, 0.25) is 0 Å². The van der Waals surface area contributed by atoms with Gasteiger partial charge in [-0.15, -0.1) is 0 Å². The lowest BCUT2D eigenvalue weighted by molar-refractivity contribution is -0.141. The zero-order valence-corrected chi connectivity index (χ0v) is 11.1. The summed E-state index contributed by atoms with van der Waals surface area (Å²) in [5.41, 5.74) is 2.51. The second-order valence-corrected chi connectivity index (χ2v) is 5.39. The van der Waals surface area contributed by atoms with E-state index in [4.69, 9.17) is 5.11 Å². The van der Waals surface area contributed by atoms with E-state index in [9.17, 15) is 9.59 Å². The zero-order chi connectivity index (χ0) is 14.1. The molecule has 1 fully saturated rings. The lowest BCUT2D eigenvalue weighted by Crippen LogP contribution is -2.34. The number of carbonyl (C=O) groups is 2. The number of aromatic nitrogens is 1.